The number of rotatable bonds is 6. The summed E-state index contributed by atoms with van der Waals surface area (Å²) < 4.78 is 0. The molecule has 0 aromatic rings. The van der Waals surface area contributed by atoms with Crippen molar-refractivity contribution >= 4 is 0 Å². The van der Waals surface area contributed by atoms with Gasteiger partial charge < -0.3 is 20.4 Å². The minimum absolute atomic E-state index is 0.366. The van der Waals surface area contributed by atoms with E-state index in [4.69, 9.17) is 5.11 Å². The molecule has 0 saturated heterocycles. The van der Waals surface area contributed by atoms with E-state index in [0.717, 1.165) is 0 Å². The lowest BCUT2D eigenvalue weighted by molar-refractivity contribution is 0.0314. The van der Waals surface area contributed by atoms with E-state index in [-0.39, 0.29) is 6.10 Å². The molecule has 0 aliphatic heterocycles. The predicted octanol–water partition coefficient (Wildman–Crippen LogP) is -0.731. The SMILES string of the molecule is C[C@H](O)CNCC(C)(O)CN(C)C. The lowest BCUT2D eigenvalue weighted by atomic mass is 10.1. The highest BCUT2D eigenvalue weighted by atomic mass is 16.3. The number of likely N-dealkylation sites (N-methyl/N-ethyl adjacent to an activating group) is 1. The second-order valence-electron chi connectivity index (χ2n) is 4.21. The van der Waals surface area contributed by atoms with Gasteiger partial charge in [-0.2, -0.15) is 0 Å². The van der Waals surface area contributed by atoms with E-state index in [2.05, 4.69) is 5.32 Å². The maximum atomic E-state index is 9.81. The van der Waals surface area contributed by atoms with E-state index < -0.39 is 5.60 Å². The third-order valence-electron chi connectivity index (χ3n) is 1.60. The van der Waals surface area contributed by atoms with E-state index in [1.807, 2.05) is 19.0 Å². The lowest BCUT2D eigenvalue weighted by Crippen LogP contribution is -2.46. The number of hydrogen-bond donors (Lipinski definition) is 3. The number of hydrogen-bond acceptors (Lipinski definition) is 4. The van der Waals surface area contributed by atoms with Crippen molar-refractivity contribution in [3.8, 4) is 0 Å². The molecule has 4 nitrogen and oxygen atoms in total. The molecule has 0 heterocycles. The molecule has 0 saturated carbocycles. The Labute approximate surface area is 80.6 Å². The van der Waals surface area contributed by atoms with Gasteiger partial charge in [0.05, 0.1) is 11.7 Å². The average molecular weight is 190 g/mol. The predicted molar refractivity (Wildman–Crippen MR) is 53.7 cm³/mol. The molecule has 0 rings (SSSR count). The Kier molecular flexibility index (Phi) is 5.48. The summed E-state index contributed by atoms with van der Waals surface area (Å²) in [6.07, 6.45) is -0.366. The molecule has 0 aromatic carbocycles. The molecule has 2 atom stereocenters. The molecule has 0 bridgehead atoms. The summed E-state index contributed by atoms with van der Waals surface area (Å²) in [5.41, 5.74) is -0.738. The number of aliphatic hydroxyl groups is 2. The van der Waals surface area contributed by atoms with Gasteiger partial charge in [0, 0.05) is 19.6 Å². The third-order valence-corrected chi connectivity index (χ3v) is 1.60. The largest absolute Gasteiger partial charge is 0.392 e. The van der Waals surface area contributed by atoms with E-state index in [0.29, 0.717) is 19.6 Å². The highest BCUT2D eigenvalue weighted by molar-refractivity contribution is 4.78. The van der Waals surface area contributed by atoms with E-state index in [9.17, 15) is 5.11 Å². The molecular formula is C9H22N2O2. The fraction of sp³-hybridized carbons (Fsp3) is 1.00. The van der Waals surface area contributed by atoms with Crippen molar-refractivity contribution in [3.63, 3.8) is 0 Å². The van der Waals surface area contributed by atoms with Gasteiger partial charge in [-0.3, -0.25) is 0 Å². The van der Waals surface area contributed by atoms with Gasteiger partial charge >= 0.3 is 0 Å². The second-order valence-corrected chi connectivity index (χ2v) is 4.21. The molecule has 0 aromatic heterocycles. The van der Waals surface area contributed by atoms with Crippen molar-refractivity contribution in [3.05, 3.63) is 0 Å². The van der Waals surface area contributed by atoms with Crippen molar-refractivity contribution in [1.82, 2.24) is 10.2 Å². The van der Waals surface area contributed by atoms with Crippen molar-refractivity contribution in [2.24, 2.45) is 0 Å². The third kappa shape index (κ3) is 8.18. The first-order valence-electron chi connectivity index (χ1n) is 4.59. The zero-order valence-electron chi connectivity index (χ0n) is 9.04. The Morgan fingerprint density at radius 3 is 2.38 bits per heavy atom. The van der Waals surface area contributed by atoms with Gasteiger partial charge in [-0.1, -0.05) is 0 Å². The Hall–Kier alpha value is -0.160. The maximum Gasteiger partial charge on any atom is 0.0869 e. The Bertz CT molecular complexity index is 136. The lowest BCUT2D eigenvalue weighted by Gasteiger charge is -2.27. The molecular weight excluding hydrogens is 168 g/mol. The molecule has 0 spiro atoms. The van der Waals surface area contributed by atoms with Crippen LogP contribution in [0.5, 0.6) is 0 Å². The van der Waals surface area contributed by atoms with Crippen molar-refractivity contribution in [2.75, 3.05) is 33.7 Å². The number of aliphatic hydroxyl groups excluding tert-OH is 1. The molecule has 0 radical (unpaired) electrons. The fourth-order valence-corrected chi connectivity index (χ4v) is 1.29. The van der Waals surface area contributed by atoms with Crippen molar-refractivity contribution < 1.29 is 10.2 Å². The van der Waals surface area contributed by atoms with Crippen LogP contribution in [-0.4, -0.2) is 60.5 Å². The molecule has 0 fully saturated rings. The summed E-state index contributed by atoms with van der Waals surface area (Å²) in [7, 11) is 3.84. The average Bonchev–Trinajstić information content (AvgIpc) is 1.81. The van der Waals surface area contributed by atoms with Crippen molar-refractivity contribution in [2.45, 2.75) is 25.6 Å². The van der Waals surface area contributed by atoms with Gasteiger partial charge in [-0.05, 0) is 27.9 Å². The molecule has 0 amide bonds. The molecule has 1 unspecified atom stereocenters. The molecule has 3 N–H and O–H groups in total. The Morgan fingerprint density at radius 2 is 2.00 bits per heavy atom. The molecule has 4 heteroatoms. The van der Waals surface area contributed by atoms with Crippen LogP contribution in [0.3, 0.4) is 0 Å². The molecule has 0 aliphatic rings. The second kappa shape index (κ2) is 5.54. The first-order chi connectivity index (χ1) is 5.83. The van der Waals surface area contributed by atoms with Crippen LogP contribution in [0.1, 0.15) is 13.8 Å². The highest BCUT2D eigenvalue weighted by Crippen LogP contribution is 2.02. The number of nitrogens with zero attached hydrogens (tertiary/aromatic N) is 1. The molecule has 80 valence electrons. The maximum absolute atomic E-state index is 9.81. The minimum atomic E-state index is -0.738. The van der Waals surface area contributed by atoms with Crippen LogP contribution in [0, 0.1) is 0 Å². The van der Waals surface area contributed by atoms with E-state index in [1.165, 1.54) is 0 Å². The zero-order valence-corrected chi connectivity index (χ0v) is 9.04. The first-order valence-corrected chi connectivity index (χ1v) is 4.59. The summed E-state index contributed by atoms with van der Waals surface area (Å²) >= 11 is 0. The van der Waals surface area contributed by atoms with Gasteiger partial charge in [0.1, 0.15) is 0 Å². The van der Waals surface area contributed by atoms with Gasteiger partial charge in [-0.25, -0.2) is 0 Å². The number of nitrogens with one attached hydrogen (secondary N) is 1. The smallest absolute Gasteiger partial charge is 0.0869 e. The van der Waals surface area contributed by atoms with Gasteiger partial charge in [-0.15, -0.1) is 0 Å². The monoisotopic (exact) mass is 190 g/mol. The molecule has 0 aliphatic carbocycles. The Balaban J connectivity index is 3.62. The summed E-state index contributed by atoms with van der Waals surface area (Å²) in [6, 6.07) is 0. The first kappa shape index (κ1) is 12.8. The summed E-state index contributed by atoms with van der Waals surface area (Å²) in [5.74, 6) is 0. The normalized spacial score (nSPS) is 18.7. The standard InChI is InChI=1S/C9H22N2O2/c1-8(12)5-10-6-9(2,13)7-11(3)4/h8,10,12-13H,5-7H2,1-4H3/t8-,9?/m0/s1. The van der Waals surface area contributed by atoms with Crippen LogP contribution >= 0.6 is 0 Å². The Morgan fingerprint density at radius 1 is 1.46 bits per heavy atom. The van der Waals surface area contributed by atoms with Crippen LogP contribution in [0.25, 0.3) is 0 Å². The summed E-state index contributed by atoms with van der Waals surface area (Å²) in [6.45, 7) is 5.12. The topological polar surface area (TPSA) is 55.7 Å². The van der Waals surface area contributed by atoms with Crippen LogP contribution in [0.2, 0.25) is 0 Å². The highest BCUT2D eigenvalue weighted by Gasteiger charge is 2.20. The summed E-state index contributed by atoms with van der Waals surface area (Å²) in [5, 5.41) is 21.8. The van der Waals surface area contributed by atoms with Crippen molar-refractivity contribution in [1.29, 1.82) is 0 Å². The van der Waals surface area contributed by atoms with Gasteiger partial charge in [0.2, 0.25) is 0 Å². The van der Waals surface area contributed by atoms with E-state index in [1.54, 1.807) is 13.8 Å². The molecule has 13 heavy (non-hydrogen) atoms. The van der Waals surface area contributed by atoms with Gasteiger partial charge in [0.25, 0.3) is 0 Å². The van der Waals surface area contributed by atoms with Crippen LogP contribution < -0.4 is 5.32 Å². The van der Waals surface area contributed by atoms with E-state index >= 15 is 0 Å². The fourth-order valence-electron chi connectivity index (χ4n) is 1.29. The van der Waals surface area contributed by atoms with Crippen LogP contribution in [-0.2, 0) is 0 Å². The minimum Gasteiger partial charge on any atom is -0.392 e. The zero-order chi connectivity index (χ0) is 10.5. The van der Waals surface area contributed by atoms with Crippen LogP contribution in [0.15, 0.2) is 0 Å². The quantitative estimate of drug-likeness (QED) is 0.517. The van der Waals surface area contributed by atoms with Crippen LogP contribution in [0.4, 0.5) is 0 Å². The van der Waals surface area contributed by atoms with Gasteiger partial charge in [0.15, 0.2) is 0 Å². The summed E-state index contributed by atoms with van der Waals surface area (Å²) in [4.78, 5) is 1.93.